The van der Waals surface area contributed by atoms with E-state index in [4.69, 9.17) is 23.2 Å². The third kappa shape index (κ3) is 3.44. The molecule has 1 aromatic carbocycles. The highest BCUT2D eigenvalue weighted by molar-refractivity contribution is 9.11. The lowest BCUT2D eigenvalue weighted by molar-refractivity contribution is 0.601. The van der Waals surface area contributed by atoms with Gasteiger partial charge >= 0.3 is 0 Å². The van der Waals surface area contributed by atoms with Crippen molar-refractivity contribution in [2.24, 2.45) is 0 Å². The zero-order valence-corrected chi connectivity index (χ0v) is 14.3. The van der Waals surface area contributed by atoms with Crippen LogP contribution in [0.15, 0.2) is 32.9 Å². The van der Waals surface area contributed by atoms with Gasteiger partial charge in [0.1, 0.15) is 4.90 Å². The molecule has 3 nitrogen and oxygen atoms in total. The number of rotatable bonds is 3. The summed E-state index contributed by atoms with van der Waals surface area (Å²) in [7, 11) is -3.62. The molecule has 0 aliphatic carbocycles. The van der Waals surface area contributed by atoms with Crippen LogP contribution in [0.1, 0.15) is 4.88 Å². The van der Waals surface area contributed by atoms with Crippen molar-refractivity contribution >= 4 is 66.2 Å². The van der Waals surface area contributed by atoms with Gasteiger partial charge in [0.2, 0.25) is 0 Å². The van der Waals surface area contributed by atoms with Crippen LogP contribution in [0, 0.1) is 6.92 Å². The number of thiophene rings is 1. The number of anilines is 1. The van der Waals surface area contributed by atoms with Gasteiger partial charge in [-0.1, -0.05) is 23.2 Å². The van der Waals surface area contributed by atoms with Crippen molar-refractivity contribution in [3.05, 3.63) is 43.0 Å². The molecule has 8 heteroatoms. The molecule has 19 heavy (non-hydrogen) atoms. The van der Waals surface area contributed by atoms with Crippen LogP contribution in [-0.2, 0) is 10.0 Å². The van der Waals surface area contributed by atoms with Crippen molar-refractivity contribution in [2.75, 3.05) is 4.72 Å². The van der Waals surface area contributed by atoms with Crippen LogP contribution in [0.5, 0.6) is 0 Å². The molecule has 2 rings (SSSR count). The van der Waals surface area contributed by atoms with Gasteiger partial charge in [0, 0.05) is 4.88 Å². The van der Waals surface area contributed by atoms with E-state index >= 15 is 0 Å². The number of hydrogen-bond donors (Lipinski definition) is 1. The second-order valence-electron chi connectivity index (χ2n) is 3.71. The van der Waals surface area contributed by atoms with Crippen molar-refractivity contribution in [3.8, 4) is 0 Å². The molecule has 2 aromatic rings. The molecular weight excluding hydrogens is 393 g/mol. The molecule has 102 valence electrons. The summed E-state index contributed by atoms with van der Waals surface area (Å²) in [5.41, 5.74) is 0.371. The van der Waals surface area contributed by atoms with Crippen LogP contribution in [-0.4, -0.2) is 8.42 Å². The molecule has 0 unspecified atom stereocenters. The molecule has 0 bridgehead atoms. The van der Waals surface area contributed by atoms with Gasteiger partial charge in [-0.3, -0.25) is 4.72 Å². The smallest absolute Gasteiger partial charge is 0.263 e. The minimum absolute atomic E-state index is 0.246. The van der Waals surface area contributed by atoms with Crippen LogP contribution in [0.2, 0.25) is 10.0 Å². The molecule has 0 saturated carbocycles. The van der Waals surface area contributed by atoms with E-state index in [1.807, 2.05) is 0 Å². The third-order valence-corrected chi connectivity index (χ3v) is 6.23. The molecule has 0 spiro atoms. The summed E-state index contributed by atoms with van der Waals surface area (Å²) in [6.45, 7) is 1.75. The van der Waals surface area contributed by atoms with E-state index in [-0.39, 0.29) is 4.90 Å². The van der Waals surface area contributed by atoms with Gasteiger partial charge in [-0.15, -0.1) is 11.3 Å². The van der Waals surface area contributed by atoms with E-state index in [0.29, 0.717) is 20.6 Å². The molecule has 0 aliphatic rings. The lowest BCUT2D eigenvalue weighted by Crippen LogP contribution is -2.13. The molecular formula is C11H8BrCl2NO2S2. The topological polar surface area (TPSA) is 46.2 Å². The Morgan fingerprint density at radius 1 is 1.21 bits per heavy atom. The highest BCUT2D eigenvalue weighted by Crippen LogP contribution is 2.32. The Labute approximate surface area is 133 Å². The predicted octanol–water partition coefficient (Wildman–Crippen LogP) is 4.93. The van der Waals surface area contributed by atoms with Gasteiger partial charge < -0.3 is 0 Å². The number of aryl methyl sites for hydroxylation is 1. The van der Waals surface area contributed by atoms with Crippen molar-refractivity contribution in [2.45, 2.75) is 11.8 Å². The fraction of sp³-hybridized carbons (Fsp3) is 0.0909. The van der Waals surface area contributed by atoms with E-state index in [9.17, 15) is 8.42 Å². The van der Waals surface area contributed by atoms with E-state index < -0.39 is 10.0 Å². The maximum absolute atomic E-state index is 12.2. The number of halogens is 3. The Hall–Kier alpha value is -0.270. The molecule has 1 heterocycles. The summed E-state index contributed by atoms with van der Waals surface area (Å²) in [5.74, 6) is 0. The number of benzene rings is 1. The van der Waals surface area contributed by atoms with Crippen LogP contribution >= 0.6 is 50.5 Å². The fourth-order valence-electron chi connectivity index (χ4n) is 1.47. The minimum atomic E-state index is -3.62. The van der Waals surface area contributed by atoms with Crippen LogP contribution < -0.4 is 4.72 Å². The second kappa shape index (κ2) is 5.61. The second-order valence-corrected chi connectivity index (χ2v) is 8.81. The lowest BCUT2D eigenvalue weighted by Gasteiger charge is -2.08. The molecule has 0 atom stereocenters. The van der Waals surface area contributed by atoms with E-state index in [1.165, 1.54) is 23.5 Å². The fourth-order valence-corrected chi connectivity index (χ4v) is 5.23. The Morgan fingerprint density at radius 2 is 1.89 bits per heavy atom. The zero-order chi connectivity index (χ0) is 14.2. The molecule has 1 N–H and O–H groups in total. The molecule has 0 radical (unpaired) electrons. The highest BCUT2D eigenvalue weighted by atomic mass is 79.9. The average molecular weight is 401 g/mol. The quantitative estimate of drug-likeness (QED) is 0.793. The first-order chi connectivity index (χ1) is 8.79. The van der Waals surface area contributed by atoms with Crippen molar-refractivity contribution in [3.63, 3.8) is 0 Å². The third-order valence-electron chi connectivity index (χ3n) is 2.30. The maximum Gasteiger partial charge on any atom is 0.263 e. The zero-order valence-electron chi connectivity index (χ0n) is 9.58. The normalized spacial score (nSPS) is 11.6. The maximum atomic E-state index is 12.2. The van der Waals surface area contributed by atoms with Crippen molar-refractivity contribution < 1.29 is 8.42 Å². The van der Waals surface area contributed by atoms with Crippen LogP contribution in [0.3, 0.4) is 0 Å². The van der Waals surface area contributed by atoms with E-state index in [0.717, 1.165) is 3.79 Å². The first-order valence-corrected chi connectivity index (χ1v) is 8.88. The van der Waals surface area contributed by atoms with Crippen molar-refractivity contribution in [1.82, 2.24) is 0 Å². The van der Waals surface area contributed by atoms with Gasteiger partial charge in [-0.05, 0) is 47.1 Å². The van der Waals surface area contributed by atoms with Gasteiger partial charge in [-0.25, -0.2) is 8.42 Å². The van der Waals surface area contributed by atoms with Gasteiger partial charge in [0.15, 0.2) is 0 Å². The number of sulfonamides is 1. The molecule has 0 fully saturated rings. The molecule has 0 aliphatic heterocycles. The first-order valence-electron chi connectivity index (χ1n) is 5.03. The van der Waals surface area contributed by atoms with Gasteiger partial charge in [0.25, 0.3) is 10.0 Å². The average Bonchev–Trinajstić information content (AvgIpc) is 2.63. The Morgan fingerprint density at radius 3 is 2.42 bits per heavy atom. The van der Waals surface area contributed by atoms with Crippen LogP contribution in [0.25, 0.3) is 0 Å². The number of hydrogen-bond acceptors (Lipinski definition) is 3. The molecule has 0 saturated heterocycles. The Bertz CT molecular complexity index is 728. The Balaban J connectivity index is 2.36. The van der Waals surface area contributed by atoms with Gasteiger partial charge in [0.05, 0.1) is 19.5 Å². The Kier molecular flexibility index (Phi) is 4.47. The van der Waals surface area contributed by atoms with E-state index in [1.54, 1.807) is 19.1 Å². The van der Waals surface area contributed by atoms with E-state index in [2.05, 4.69) is 20.7 Å². The standard InChI is InChI=1S/C11H8BrCl2NO2S2/c1-6-10(5-11(12)18-6)19(16,17)15-7-2-3-8(13)9(14)4-7/h2-5,15H,1H3. The summed E-state index contributed by atoms with van der Waals surface area (Å²) < 4.78 is 27.7. The summed E-state index contributed by atoms with van der Waals surface area (Å²) in [5, 5.41) is 0.671. The summed E-state index contributed by atoms with van der Waals surface area (Å²) in [6.07, 6.45) is 0. The molecule has 1 aromatic heterocycles. The predicted molar refractivity (Wildman–Crippen MR) is 84.0 cm³/mol. The minimum Gasteiger partial charge on any atom is -0.280 e. The van der Waals surface area contributed by atoms with Crippen LogP contribution in [0.4, 0.5) is 5.69 Å². The summed E-state index contributed by atoms with van der Waals surface area (Å²) in [6, 6.07) is 6.14. The highest BCUT2D eigenvalue weighted by Gasteiger charge is 2.19. The summed E-state index contributed by atoms with van der Waals surface area (Å²) in [4.78, 5) is 0.954. The van der Waals surface area contributed by atoms with Gasteiger partial charge in [-0.2, -0.15) is 0 Å². The summed E-state index contributed by atoms with van der Waals surface area (Å²) >= 11 is 16.3. The SMILES string of the molecule is Cc1sc(Br)cc1S(=O)(=O)Nc1ccc(Cl)c(Cl)c1. The number of nitrogens with one attached hydrogen (secondary N) is 1. The molecule has 0 amide bonds. The first kappa shape index (κ1) is 15.1. The monoisotopic (exact) mass is 399 g/mol. The van der Waals surface area contributed by atoms with Crippen molar-refractivity contribution in [1.29, 1.82) is 0 Å². The lowest BCUT2D eigenvalue weighted by atomic mass is 10.3. The largest absolute Gasteiger partial charge is 0.280 e.